The lowest BCUT2D eigenvalue weighted by molar-refractivity contribution is 0.147. The summed E-state index contributed by atoms with van der Waals surface area (Å²) in [5.74, 6) is 0.910. The van der Waals surface area contributed by atoms with Crippen molar-refractivity contribution in [2.24, 2.45) is 5.92 Å². The maximum absolute atomic E-state index is 3.61. The van der Waals surface area contributed by atoms with E-state index in [-0.39, 0.29) is 0 Å². The molecule has 0 aliphatic carbocycles. The Balaban J connectivity index is 0.000000271. The smallest absolute Gasteiger partial charge is 0.00937 e. The van der Waals surface area contributed by atoms with E-state index in [2.05, 4.69) is 75.8 Å². The monoisotopic (exact) mass is 382 g/mol. The molecule has 2 aliphatic rings. The molecule has 0 spiro atoms. The molecule has 2 heterocycles. The van der Waals surface area contributed by atoms with Crippen LogP contribution >= 0.6 is 0 Å². The number of rotatable bonds is 7. The minimum Gasteiger partial charge on any atom is -0.314 e. The molecule has 0 atom stereocenters. The van der Waals surface area contributed by atoms with Gasteiger partial charge in [-0.3, -0.25) is 0 Å². The van der Waals surface area contributed by atoms with Gasteiger partial charge in [-0.05, 0) is 92.0 Å². The highest BCUT2D eigenvalue weighted by Gasteiger charge is 2.21. The van der Waals surface area contributed by atoms with E-state index in [1.807, 2.05) is 0 Å². The van der Waals surface area contributed by atoms with Gasteiger partial charge in [0.15, 0.2) is 0 Å². The molecule has 0 aromatic carbocycles. The largest absolute Gasteiger partial charge is 0.314 e. The SMILES string of the molecule is CC(C)NC1CCN(C(C)C)CC1.CC(C)NCC1CCN(C(C)C)CC1. The second kappa shape index (κ2) is 13.1. The van der Waals surface area contributed by atoms with Crippen molar-refractivity contribution in [1.82, 2.24) is 20.4 Å². The number of nitrogens with one attached hydrogen (secondary N) is 2. The van der Waals surface area contributed by atoms with Crippen LogP contribution in [-0.2, 0) is 0 Å². The molecule has 4 nitrogen and oxygen atoms in total. The lowest BCUT2D eigenvalue weighted by Crippen LogP contribution is -2.46. The van der Waals surface area contributed by atoms with Crippen LogP contribution in [0.5, 0.6) is 0 Å². The highest BCUT2D eigenvalue weighted by Crippen LogP contribution is 2.18. The summed E-state index contributed by atoms with van der Waals surface area (Å²) in [4.78, 5) is 5.16. The highest BCUT2D eigenvalue weighted by molar-refractivity contribution is 4.79. The predicted molar refractivity (Wildman–Crippen MR) is 121 cm³/mol. The van der Waals surface area contributed by atoms with Gasteiger partial charge in [-0.1, -0.05) is 27.7 Å². The van der Waals surface area contributed by atoms with Crippen LogP contribution in [0.1, 0.15) is 81.1 Å². The molecule has 2 fully saturated rings. The Morgan fingerprint density at radius 2 is 1.11 bits per heavy atom. The zero-order chi connectivity index (χ0) is 20.4. The molecule has 2 rings (SSSR count). The second-order valence-corrected chi connectivity index (χ2v) is 9.86. The van der Waals surface area contributed by atoms with Crippen molar-refractivity contribution in [2.75, 3.05) is 32.7 Å². The molecule has 2 aliphatic heterocycles. The van der Waals surface area contributed by atoms with Crippen LogP contribution in [-0.4, -0.2) is 72.7 Å². The second-order valence-electron chi connectivity index (χ2n) is 9.86. The zero-order valence-electron chi connectivity index (χ0n) is 19.7. The van der Waals surface area contributed by atoms with Gasteiger partial charge in [-0.25, -0.2) is 0 Å². The Morgan fingerprint density at radius 3 is 1.48 bits per heavy atom. The van der Waals surface area contributed by atoms with Crippen molar-refractivity contribution in [3.63, 3.8) is 0 Å². The summed E-state index contributed by atoms with van der Waals surface area (Å²) in [6.45, 7) is 24.4. The fraction of sp³-hybridized carbons (Fsp3) is 1.00. The Hall–Kier alpha value is -0.160. The Kier molecular flexibility index (Phi) is 12.1. The van der Waals surface area contributed by atoms with Gasteiger partial charge in [0.05, 0.1) is 0 Å². The summed E-state index contributed by atoms with van der Waals surface area (Å²) < 4.78 is 0. The van der Waals surface area contributed by atoms with E-state index in [0.29, 0.717) is 12.1 Å². The molecule has 162 valence electrons. The van der Waals surface area contributed by atoms with Crippen LogP contribution in [0.2, 0.25) is 0 Å². The van der Waals surface area contributed by atoms with Crippen molar-refractivity contribution < 1.29 is 0 Å². The minimum atomic E-state index is 0.635. The van der Waals surface area contributed by atoms with Crippen LogP contribution in [0, 0.1) is 5.92 Å². The fourth-order valence-corrected chi connectivity index (χ4v) is 4.13. The lowest BCUT2D eigenvalue weighted by Gasteiger charge is -2.35. The summed E-state index contributed by atoms with van der Waals surface area (Å²) in [6.07, 6.45) is 5.38. The van der Waals surface area contributed by atoms with Gasteiger partial charge in [0.2, 0.25) is 0 Å². The van der Waals surface area contributed by atoms with E-state index in [1.165, 1.54) is 58.4 Å². The average Bonchev–Trinajstić information content (AvgIpc) is 2.61. The molecule has 0 amide bonds. The average molecular weight is 383 g/mol. The van der Waals surface area contributed by atoms with Crippen molar-refractivity contribution in [1.29, 1.82) is 0 Å². The maximum Gasteiger partial charge on any atom is 0.00937 e. The van der Waals surface area contributed by atoms with Gasteiger partial charge in [0.25, 0.3) is 0 Å². The number of hydrogen-bond acceptors (Lipinski definition) is 4. The van der Waals surface area contributed by atoms with E-state index in [4.69, 9.17) is 0 Å². The summed E-state index contributed by atoms with van der Waals surface area (Å²) in [5.41, 5.74) is 0. The standard InChI is InChI=1S/C12H26N2.C11H24N2/c1-10(2)13-9-12-5-7-14(8-6-12)11(3)4;1-9(2)12-11-5-7-13(8-6-11)10(3)4/h10-13H,5-9H2,1-4H3;9-12H,5-8H2,1-4H3. The Bertz CT molecular complexity index is 351. The third kappa shape index (κ3) is 10.8. The first kappa shape index (κ1) is 24.9. The zero-order valence-corrected chi connectivity index (χ0v) is 19.7. The number of likely N-dealkylation sites (tertiary alicyclic amines) is 2. The van der Waals surface area contributed by atoms with Crippen LogP contribution in [0.3, 0.4) is 0 Å². The maximum atomic E-state index is 3.61. The molecule has 27 heavy (non-hydrogen) atoms. The van der Waals surface area contributed by atoms with Crippen LogP contribution in [0.15, 0.2) is 0 Å². The summed E-state index contributed by atoms with van der Waals surface area (Å²) in [6, 6.07) is 3.48. The quantitative estimate of drug-likeness (QED) is 0.698. The summed E-state index contributed by atoms with van der Waals surface area (Å²) >= 11 is 0. The molecule has 2 N–H and O–H groups in total. The van der Waals surface area contributed by atoms with Gasteiger partial charge in [-0.2, -0.15) is 0 Å². The van der Waals surface area contributed by atoms with E-state index >= 15 is 0 Å². The summed E-state index contributed by atoms with van der Waals surface area (Å²) in [7, 11) is 0. The van der Waals surface area contributed by atoms with Crippen molar-refractivity contribution in [2.45, 2.75) is 111 Å². The van der Waals surface area contributed by atoms with Crippen LogP contribution in [0.4, 0.5) is 0 Å². The van der Waals surface area contributed by atoms with Crippen LogP contribution < -0.4 is 10.6 Å². The molecule has 0 unspecified atom stereocenters. The third-order valence-corrected chi connectivity index (χ3v) is 6.02. The van der Waals surface area contributed by atoms with Crippen LogP contribution in [0.25, 0.3) is 0 Å². The minimum absolute atomic E-state index is 0.635. The Labute approximate surface area is 170 Å². The lowest BCUT2D eigenvalue weighted by atomic mass is 9.96. The molecule has 2 saturated heterocycles. The van der Waals surface area contributed by atoms with Crippen molar-refractivity contribution >= 4 is 0 Å². The molecule has 0 radical (unpaired) electrons. The van der Waals surface area contributed by atoms with Gasteiger partial charge < -0.3 is 20.4 Å². The normalized spacial score (nSPS) is 21.3. The Morgan fingerprint density at radius 1 is 0.667 bits per heavy atom. The van der Waals surface area contributed by atoms with E-state index < -0.39 is 0 Å². The molecule has 0 bridgehead atoms. The van der Waals surface area contributed by atoms with Crippen molar-refractivity contribution in [3.8, 4) is 0 Å². The molecule has 0 aromatic heterocycles. The van der Waals surface area contributed by atoms with Crippen molar-refractivity contribution in [3.05, 3.63) is 0 Å². The molecule has 0 aromatic rings. The first-order valence-electron chi connectivity index (χ1n) is 11.7. The van der Waals surface area contributed by atoms with Gasteiger partial charge in [0.1, 0.15) is 0 Å². The number of nitrogens with zero attached hydrogens (tertiary/aromatic N) is 2. The molecular formula is C23H50N4. The molecule has 4 heteroatoms. The molecule has 0 saturated carbocycles. The predicted octanol–water partition coefficient (Wildman–Crippen LogP) is 3.96. The van der Waals surface area contributed by atoms with E-state index in [9.17, 15) is 0 Å². The van der Waals surface area contributed by atoms with Gasteiger partial charge in [-0.15, -0.1) is 0 Å². The number of piperidine rings is 2. The van der Waals surface area contributed by atoms with Gasteiger partial charge >= 0.3 is 0 Å². The van der Waals surface area contributed by atoms with Gasteiger partial charge in [0, 0.05) is 30.2 Å². The molecular weight excluding hydrogens is 332 g/mol. The first-order valence-corrected chi connectivity index (χ1v) is 11.7. The first-order chi connectivity index (χ1) is 12.7. The summed E-state index contributed by atoms with van der Waals surface area (Å²) in [5, 5.41) is 7.16. The van der Waals surface area contributed by atoms with E-state index in [0.717, 1.165) is 24.0 Å². The third-order valence-electron chi connectivity index (χ3n) is 6.02. The topological polar surface area (TPSA) is 30.5 Å². The fourth-order valence-electron chi connectivity index (χ4n) is 4.13. The highest BCUT2D eigenvalue weighted by atomic mass is 15.2. The number of hydrogen-bond donors (Lipinski definition) is 2. The van der Waals surface area contributed by atoms with E-state index in [1.54, 1.807) is 0 Å².